The topological polar surface area (TPSA) is 50.1 Å². The Hall–Kier alpha value is -1.03. The molecular weight excluding hydrogens is 190 g/mol. The van der Waals surface area contributed by atoms with Crippen LogP contribution in [0.4, 0.5) is 5.82 Å². The molecule has 2 N–H and O–H groups in total. The zero-order chi connectivity index (χ0) is 10.7. The van der Waals surface area contributed by atoms with Gasteiger partial charge in [0.15, 0.2) is 0 Å². The number of aromatic nitrogens is 2. The molecule has 4 nitrogen and oxygen atoms in total. The summed E-state index contributed by atoms with van der Waals surface area (Å²) in [5.41, 5.74) is 1.17. The van der Waals surface area contributed by atoms with Crippen LogP contribution < -0.4 is 5.32 Å². The van der Waals surface area contributed by atoms with E-state index in [2.05, 4.69) is 23.4 Å². The van der Waals surface area contributed by atoms with E-state index in [0.717, 1.165) is 38.2 Å². The summed E-state index contributed by atoms with van der Waals surface area (Å²) in [6.07, 6.45) is 3.04. The summed E-state index contributed by atoms with van der Waals surface area (Å²) in [7, 11) is 0. The Morgan fingerprint density at radius 1 is 1.67 bits per heavy atom. The zero-order valence-electron chi connectivity index (χ0n) is 9.24. The molecule has 0 spiro atoms. The molecule has 2 heterocycles. The second-order valence-electron chi connectivity index (χ2n) is 4.21. The summed E-state index contributed by atoms with van der Waals surface area (Å²) in [5.74, 6) is 1.64. The molecule has 1 aliphatic heterocycles. The van der Waals surface area contributed by atoms with Gasteiger partial charge in [-0.25, -0.2) is 4.68 Å². The van der Waals surface area contributed by atoms with Gasteiger partial charge < -0.3 is 10.4 Å². The van der Waals surface area contributed by atoms with E-state index in [0.29, 0.717) is 5.92 Å². The first-order valence-electron chi connectivity index (χ1n) is 5.75. The Morgan fingerprint density at radius 3 is 3.27 bits per heavy atom. The normalized spacial score (nSPS) is 19.7. The predicted molar refractivity (Wildman–Crippen MR) is 59.9 cm³/mol. The number of nitrogens with one attached hydrogen (secondary N) is 1. The van der Waals surface area contributed by atoms with Crippen molar-refractivity contribution >= 4 is 5.82 Å². The Labute approximate surface area is 90.3 Å². The monoisotopic (exact) mass is 209 g/mol. The second kappa shape index (κ2) is 4.66. The first-order chi connectivity index (χ1) is 7.33. The van der Waals surface area contributed by atoms with Crippen LogP contribution in [0.5, 0.6) is 0 Å². The molecule has 15 heavy (non-hydrogen) atoms. The molecule has 1 aliphatic rings. The number of fused-ring (bicyclic) bond motifs is 1. The highest BCUT2D eigenvalue weighted by Crippen LogP contribution is 2.20. The van der Waals surface area contributed by atoms with Crippen molar-refractivity contribution in [1.29, 1.82) is 0 Å². The fraction of sp³-hybridized carbons (Fsp3) is 0.727. The third kappa shape index (κ3) is 2.31. The lowest BCUT2D eigenvalue weighted by Crippen LogP contribution is -2.28. The van der Waals surface area contributed by atoms with E-state index >= 15 is 0 Å². The Balaban J connectivity index is 2.05. The molecule has 1 aromatic rings. The standard InChI is InChI=1S/C11H19N3O/c1-2-3-10-6-11-12-7-9(4-5-15)8-14(11)13-10/h6,9,12,15H,2-5,7-8H2,1H3. The third-order valence-electron chi connectivity index (χ3n) is 2.88. The van der Waals surface area contributed by atoms with Crippen molar-refractivity contribution in [3.63, 3.8) is 0 Å². The van der Waals surface area contributed by atoms with Crippen LogP contribution in [0.3, 0.4) is 0 Å². The molecule has 84 valence electrons. The molecule has 0 aliphatic carbocycles. The lowest BCUT2D eigenvalue weighted by Gasteiger charge is -2.24. The van der Waals surface area contributed by atoms with Crippen LogP contribution in [0, 0.1) is 5.92 Å². The molecule has 0 aromatic carbocycles. The lowest BCUT2D eigenvalue weighted by molar-refractivity contribution is 0.244. The molecule has 2 rings (SSSR count). The minimum Gasteiger partial charge on any atom is -0.396 e. The van der Waals surface area contributed by atoms with Gasteiger partial charge in [-0.3, -0.25) is 0 Å². The molecule has 0 amide bonds. The van der Waals surface area contributed by atoms with Crippen molar-refractivity contribution < 1.29 is 5.11 Å². The zero-order valence-corrected chi connectivity index (χ0v) is 9.24. The third-order valence-corrected chi connectivity index (χ3v) is 2.88. The summed E-state index contributed by atoms with van der Waals surface area (Å²) in [5, 5.41) is 16.8. The van der Waals surface area contributed by atoms with Gasteiger partial charge in [0.1, 0.15) is 5.82 Å². The first kappa shape index (κ1) is 10.5. The van der Waals surface area contributed by atoms with Crippen LogP contribution in [-0.4, -0.2) is 28.0 Å². The summed E-state index contributed by atoms with van der Waals surface area (Å²) in [4.78, 5) is 0. The fourth-order valence-electron chi connectivity index (χ4n) is 2.06. The maximum Gasteiger partial charge on any atom is 0.124 e. The molecule has 1 atom stereocenters. The van der Waals surface area contributed by atoms with Crippen LogP contribution in [0.25, 0.3) is 0 Å². The number of rotatable bonds is 4. The van der Waals surface area contributed by atoms with Gasteiger partial charge in [0.25, 0.3) is 0 Å². The highest BCUT2D eigenvalue weighted by Gasteiger charge is 2.18. The van der Waals surface area contributed by atoms with Crippen molar-refractivity contribution in [1.82, 2.24) is 9.78 Å². The van der Waals surface area contributed by atoms with Crippen LogP contribution >= 0.6 is 0 Å². The Bertz CT molecular complexity index is 322. The van der Waals surface area contributed by atoms with Gasteiger partial charge in [-0.15, -0.1) is 0 Å². The van der Waals surface area contributed by atoms with E-state index in [1.165, 1.54) is 5.69 Å². The highest BCUT2D eigenvalue weighted by molar-refractivity contribution is 5.38. The average Bonchev–Trinajstić information content (AvgIpc) is 2.60. The minimum atomic E-state index is 0.269. The van der Waals surface area contributed by atoms with E-state index in [9.17, 15) is 0 Å². The minimum absolute atomic E-state index is 0.269. The van der Waals surface area contributed by atoms with E-state index in [4.69, 9.17) is 5.11 Å². The van der Waals surface area contributed by atoms with Gasteiger partial charge in [-0.1, -0.05) is 13.3 Å². The fourth-order valence-corrected chi connectivity index (χ4v) is 2.06. The molecular formula is C11H19N3O. The van der Waals surface area contributed by atoms with Gasteiger partial charge in [0, 0.05) is 25.8 Å². The van der Waals surface area contributed by atoms with Crippen molar-refractivity contribution in [3.8, 4) is 0 Å². The molecule has 1 unspecified atom stereocenters. The SMILES string of the molecule is CCCc1cc2n(n1)CC(CCO)CN2. The molecule has 0 saturated heterocycles. The van der Waals surface area contributed by atoms with Gasteiger partial charge in [0.05, 0.1) is 5.69 Å². The summed E-state index contributed by atoms with van der Waals surface area (Å²) in [6, 6.07) is 2.14. The highest BCUT2D eigenvalue weighted by atomic mass is 16.3. The molecule has 0 bridgehead atoms. The van der Waals surface area contributed by atoms with Crippen LogP contribution in [0.1, 0.15) is 25.5 Å². The molecule has 4 heteroatoms. The van der Waals surface area contributed by atoms with Crippen molar-refractivity contribution in [2.24, 2.45) is 5.92 Å². The summed E-state index contributed by atoms with van der Waals surface area (Å²) in [6.45, 7) is 4.33. The van der Waals surface area contributed by atoms with Crippen LogP contribution in [-0.2, 0) is 13.0 Å². The quantitative estimate of drug-likeness (QED) is 0.785. The number of aliphatic hydroxyl groups excluding tert-OH is 1. The molecule has 0 radical (unpaired) electrons. The van der Waals surface area contributed by atoms with Crippen molar-refractivity contribution in [3.05, 3.63) is 11.8 Å². The molecule has 1 aromatic heterocycles. The smallest absolute Gasteiger partial charge is 0.124 e. The maximum absolute atomic E-state index is 8.90. The average molecular weight is 209 g/mol. The summed E-state index contributed by atoms with van der Waals surface area (Å²) >= 11 is 0. The predicted octanol–water partition coefficient (Wildman–Crippen LogP) is 1.26. The van der Waals surface area contributed by atoms with Crippen LogP contribution in [0.2, 0.25) is 0 Å². The number of hydrogen-bond donors (Lipinski definition) is 2. The van der Waals surface area contributed by atoms with E-state index < -0.39 is 0 Å². The Morgan fingerprint density at radius 2 is 2.53 bits per heavy atom. The summed E-state index contributed by atoms with van der Waals surface area (Å²) < 4.78 is 2.04. The maximum atomic E-state index is 8.90. The van der Waals surface area contributed by atoms with Crippen molar-refractivity contribution in [2.45, 2.75) is 32.7 Å². The van der Waals surface area contributed by atoms with Crippen LogP contribution in [0.15, 0.2) is 6.07 Å². The number of aryl methyl sites for hydroxylation is 1. The van der Waals surface area contributed by atoms with E-state index in [1.54, 1.807) is 0 Å². The molecule has 0 fully saturated rings. The first-order valence-corrected chi connectivity index (χ1v) is 5.75. The van der Waals surface area contributed by atoms with Crippen molar-refractivity contribution in [2.75, 3.05) is 18.5 Å². The second-order valence-corrected chi connectivity index (χ2v) is 4.21. The number of aliphatic hydroxyl groups is 1. The van der Waals surface area contributed by atoms with E-state index in [-0.39, 0.29) is 6.61 Å². The Kier molecular flexibility index (Phi) is 3.26. The number of anilines is 1. The largest absolute Gasteiger partial charge is 0.396 e. The number of hydrogen-bond acceptors (Lipinski definition) is 3. The number of nitrogens with zero attached hydrogens (tertiary/aromatic N) is 2. The van der Waals surface area contributed by atoms with Gasteiger partial charge in [-0.2, -0.15) is 5.10 Å². The van der Waals surface area contributed by atoms with E-state index in [1.807, 2.05) is 4.68 Å². The van der Waals surface area contributed by atoms with Gasteiger partial charge >= 0.3 is 0 Å². The molecule has 0 saturated carbocycles. The van der Waals surface area contributed by atoms with Gasteiger partial charge in [-0.05, 0) is 18.8 Å². The van der Waals surface area contributed by atoms with Gasteiger partial charge in [0.2, 0.25) is 0 Å². The lowest BCUT2D eigenvalue weighted by atomic mass is 10.1.